The molecule has 2 aromatic heterocycles. The highest BCUT2D eigenvalue weighted by atomic mass is 79.9. The van der Waals surface area contributed by atoms with Gasteiger partial charge in [0, 0.05) is 12.5 Å². The maximum absolute atomic E-state index is 13.3. The number of carbonyl (C=O) groups excluding carboxylic acids is 1. The molecule has 0 spiro atoms. The van der Waals surface area contributed by atoms with Gasteiger partial charge < -0.3 is 19.7 Å². The molecule has 0 aliphatic carbocycles. The zero-order chi connectivity index (χ0) is 24.0. The molecule has 1 fully saturated rings. The highest BCUT2D eigenvalue weighted by Crippen LogP contribution is 2.55. The summed E-state index contributed by atoms with van der Waals surface area (Å²) in [4.78, 5) is 17.5. The number of ether oxygens (including phenoxy) is 2. The van der Waals surface area contributed by atoms with Gasteiger partial charge in [-0.2, -0.15) is 0 Å². The van der Waals surface area contributed by atoms with E-state index in [1.165, 1.54) is 30.1 Å². The number of benzene rings is 1. The van der Waals surface area contributed by atoms with Crippen LogP contribution in [-0.2, 0) is 19.8 Å². The van der Waals surface area contributed by atoms with Crippen LogP contribution in [-0.4, -0.2) is 71.3 Å². The predicted octanol–water partition coefficient (Wildman–Crippen LogP) is 2.50. The highest BCUT2D eigenvalue weighted by Gasteiger charge is 2.74. The van der Waals surface area contributed by atoms with Crippen LogP contribution in [0.2, 0.25) is 5.15 Å². The van der Waals surface area contributed by atoms with Crippen LogP contribution < -0.4 is 0 Å². The number of hydrogen-bond donors (Lipinski definition) is 3. The van der Waals surface area contributed by atoms with Crippen molar-refractivity contribution < 1.29 is 24.5 Å². The van der Waals surface area contributed by atoms with Crippen LogP contribution in [0.4, 0.5) is 0 Å². The molecule has 1 aromatic carbocycles. The Morgan fingerprint density at radius 2 is 2.12 bits per heavy atom. The number of aromatic nitrogens is 4. The first-order chi connectivity index (χ1) is 15.7. The SMILES string of the molecule is CO[C@@]1(C(C)=O)[C@@H](S)O[C@](Br)(CO)[C@H](O)C1(c1ccccc1)n1cc(-c2nc(Cl)cs2)nn1. The molecule has 5 atom stereocenters. The fourth-order valence-electron chi connectivity index (χ4n) is 4.40. The fraction of sp³-hybridized carbons (Fsp3) is 0.400. The summed E-state index contributed by atoms with van der Waals surface area (Å²) in [5.41, 5.74) is -4.04. The Morgan fingerprint density at radius 1 is 1.42 bits per heavy atom. The molecule has 3 heterocycles. The van der Waals surface area contributed by atoms with E-state index in [2.05, 4.69) is 43.9 Å². The van der Waals surface area contributed by atoms with Crippen molar-refractivity contribution in [1.82, 2.24) is 20.0 Å². The number of methoxy groups -OCH3 is 1. The van der Waals surface area contributed by atoms with Gasteiger partial charge in [0.2, 0.25) is 0 Å². The Hall–Kier alpha value is -1.38. The average molecular weight is 576 g/mol. The third-order valence-corrected chi connectivity index (χ3v) is 8.38. The molecule has 1 aliphatic rings. The number of hydrogen-bond acceptors (Lipinski definition) is 10. The normalized spacial score (nSPS) is 32.1. The number of alkyl halides is 1. The van der Waals surface area contributed by atoms with Crippen LogP contribution in [0.15, 0.2) is 41.9 Å². The minimum atomic E-state index is -1.88. The van der Waals surface area contributed by atoms with E-state index in [4.69, 9.17) is 21.1 Å². The van der Waals surface area contributed by atoms with Crippen LogP contribution >= 0.6 is 51.5 Å². The Balaban J connectivity index is 2.10. The second-order valence-electron chi connectivity index (χ2n) is 7.47. The second kappa shape index (κ2) is 9.00. The molecule has 33 heavy (non-hydrogen) atoms. The summed E-state index contributed by atoms with van der Waals surface area (Å²) in [6.45, 7) is 0.681. The number of thiazole rings is 1. The van der Waals surface area contributed by atoms with E-state index in [1.54, 1.807) is 41.9 Å². The van der Waals surface area contributed by atoms with Crippen LogP contribution in [0.25, 0.3) is 10.7 Å². The number of aliphatic hydroxyl groups is 2. The summed E-state index contributed by atoms with van der Waals surface area (Å²) in [5.74, 6) is -0.477. The number of nitrogens with zero attached hydrogens (tertiary/aromatic N) is 4. The van der Waals surface area contributed by atoms with Gasteiger partial charge >= 0.3 is 0 Å². The molecule has 0 saturated carbocycles. The van der Waals surface area contributed by atoms with Crippen molar-refractivity contribution >= 4 is 57.3 Å². The smallest absolute Gasteiger partial charge is 0.192 e. The second-order valence-corrected chi connectivity index (χ2v) is 10.5. The van der Waals surface area contributed by atoms with Gasteiger partial charge in [-0.25, -0.2) is 9.67 Å². The standard InChI is InChI=1S/C20H20BrClN4O5S2/c1-11(28)20(30-2)17(32)31-18(21,10-27)16(29)19(20,12-6-4-3-5-7-12)26-8-13(24-25-26)15-23-14(22)9-33-15/h3-9,16-17,27,29,32H,10H2,1-2H3/t16-,17+,18+,19?,20-/m0/s1. The van der Waals surface area contributed by atoms with Crippen molar-refractivity contribution in [2.45, 2.75) is 34.1 Å². The number of carbonyl (C=O) groups is 1. The molecule has 0 bridgehead atoms. The number of aliphatic hydroxyl groups excluding tert-OH is 2. The molecule has 13 heteroatoms. The number of halogens is 2. The van der Waals surface area contributed by atoms with Gasteiger partial charge in [0.15, 0.2) is 21.4 Å². The molecule has 4 rings (SSSR count). The van der Waals surface area contributed by atoms with Gasteiger partial charge in [0.05, 0.1) is 12.8 Å². The van der Waals surface area contributed by atoms with Crippen molar-refractivity contribution in [1.29, 1.82) is 0 Å². The number of thiol groups is 1. The number of Topliss-reactive ketones (excluding diaryl/α,β-unsaturated/α-hetero) is 1. The summed E-state index contributed by atoms with van der Waals surface area (Å²) < 4.78 is 11.4. The lowest BCUT2D eigenvalue weighted by molar-refractivity contribution is -0.261. The van der Waals surface area contributed by atoms with Crippen LogP contribution in [0.1, 0.15) is 12.5 Å². The van der Waals surface area contributed by atoms with Crippen molar-refractivity contribution in [3.05, 3.63) is 52.6 Å². The van der Waals surface area contributed by atoms with Gasteiger partial charge in [0.25, 0.3) is 0 Å². The molecule has 1 unspecified atom stereocenters. The first-order valence-corrected chi connectivity index (χ1v) is 12.2. The van der Waals surface area contributed by atoms with E-state index in [9.17, 15) is 15.0 Å². The zero-order valence-corrected chi connectivity index (χ0v) is 21.5. The topological polar surface area (TPSA) is 120 Å². The Morgan fingerprint density at radius 3 is 2.67 bits per heavy atom. The zero-order valence-electron chi connectivity index (χ0n) is 17.4. The molecule has 3 aromatic rings. The lowest BCUT2D eigenvalue weighted by atomic mass is 9.65. The van der Waals surface area contributed by atoms with Gasteiger partial charge in [0.1, 0.15) is 27.4 Å². The predicted molar refractivity (Wildman–Crippen MR) is 129 cm³/mol. The Bertz CT molecular complexity index is 1170. The molecule has 9 nitrogen and oxygen atoms in total. The molecule has 176 valence electrons. The van der Waals surface area contributed by atoms with Crippen LogP contribution in [0, 0.1) is 0 Å². The number of ketones is 1. The molecule has 2 N–H and O–H groups in total. The molecule has 1 aliphatic heterocycles. The number of rotatable bonds is 6. The monoisotopic (exact) mass is 574 g/mol. The maximum Gasteiger partial charge on any atom is 0.192 e. The van der Waals surface area contributed by atoms with E-state index in [0.29, 0.717) is 21.4 Å². The first-order valence-electron chi connectivity index (χ1n) is 9.67. The first kappa shape index (κ1) is 24.7. The van der Waals surface area contributed by atoms with Crippen molar-refractivity contribution in [3.8, 4) is 10.7 Å². The van der Waals surface area contributed by atoms with Crippen LogP contribution in [0.3, 0.4) is 0 Å². The van der Waals surface area contributed by atoms with E-state index >= 15 is 0 Å². The average Bonchev–Trinajstić information content (AvgIpc) is 3.46. The summed E-state index contributed by atoms with van der Waals surface area (Å²) in [6, 6.07) is 8.73. The van der Waals surface area contributed by atoms with Crippen LogP contribution in [0.5, 0.6) is 0 Å². The third kappa shape index (κ3) is 3.50. The fourth-order valence-corrected chi connectivity index (χ4v) is 6.63. The lowest BCUT2D eigenvalue weighted by Crippen LogP contribution is -2.79. The molecule has 0 amide bonds. The van der Waals surface area contributed by atoms with E-state index in [0.717, 1.165) is 0 Å². The minimum Gasteiger partial charge on any atom is -0.392 e. The Kier molecular flexibility index (Phi) is 6.75. The van der Waals surface area contributed by atoms with E-state index in [1.807, 2.05) is 0 Å². The molecule has 1 saturated heterocycles. The minimum absolute atomic E-state index is 0.304. The third-order valence-electron chi connectivity index (χ3n) is 5.85. The molecule has 0 radical (unpaired) electrons. The van der Waals surface area contributed by atoms with E-state index in [-0.39, 0.29) is 0 Å². The van der Waals surface area contributed by atoms with Crippen molar-refractivity contribution in [3.63, 3.8) is 0 Å². The Labute approximate surface area is 212 Å². The summed E-state index contributed by atoms with van der Waals surface area (Å²) in [7, 11) is 1.33. The van der Waals surface area contributed by atoms with Gasteiger partial charge in [-0.1, -0.05) is 47.1 Å². The molecular weight excluding hydrogens is 556 g/mol. The molecular formula is C20H20BrClN4O5S2. The largest absolute Gasteiger partial charge is 0.392 e. The summed E-state index contributed by atoms with van der Waals surface area (Å²) in [5, 5.41) is 33.0. The maximum atomic E-state index is 13.3. The van der Waals surface area contributed by atoms with Crippen molar-refractivity contribution in [2.75, 3.05) is 13.7 Å². The van der Waals surface area contributed by atoms with Crippen molar-refractivity contribution in [2.24, 2.45) is 0 Å². The summed E-state index contributed by atoms with van der Waals surface area (Å²) >= 11 is 15.1. The van der Waals surface area contributed by atoms with Gasteiger partial charge in [-0.15, -0.1) is 29.1 Å². The van der Waals surface area contributed by atoms with Gasteiger partial charge in [-0.05, 0) is 28.4 Å². The van der Waals surface area contributed by atoms with E-state index < -0.39 is 39.6 Å². The van der Waals surface area contributed by atoms with Gasteiger partial charge in [-0.3, -0.25) is 4.79 Å². The quantitative estimate of drug-likeness (QED) is 0.303. The lowest BCUT2D eigenvalue weighted by Gasteiger charge is -2.59. The summed E-state index contributed by atoms with van der Waals surface area (Å²) in [6.07, 6.45) is -0.0577. The highest BCUT2D eigenvalue weighted by molar-refractivity contribution is 9.10.